The van der Waals surface area contributed by atoms with Crippen LogP contribution in [-0.4, -0.2) is 57.9 Å². The Kier molecular flexibility index (Phi) is 7.73. The summed E-state index contributed by atoms with van der Waals surface area (Å²) >= 11 is 0. The zero-order valence-corrected chi connectivity index (χ0v) is 25.9. The van der Waals surface area contributed by atoms with Crippen molar-refractivity contribution in [2.45, 2.75) is 49.9 Å². The summed E-state index contributed by atoms with van der Waals surface area (Å²) in [5, 5.41) is 23.9. The summed E-state index contributed by atoms with van der Waals surface area (Å²) in [6, 6.07) is 24.8. The molecule has 0 unspecified atom stereocenters. The highest BCUT2D eigenvalue weighted by Crippen LogP contribution is 2.61. The Labute approximate surface area is 260 Å². The fourth-order valence-electron chi connectivity index (χ4n) is 7.10. The molecule has 236 valence electrons. The quantitative estimate of drug-likeness (QED) is 0.244. The maximum Gasteiger partial charge on any atom is 0.330 e. The van der Waals surface area contributed by atoms with Crippen LogP contribution in [0, 0.1) is 18.8 Å². The van der Waals surface area contributed by atoms with Crippen molar-refractivity contribution in [1.82, 2.24) is 9.55 Å². The van der Waals surface area contributed by atoms with E-state index >= 15 is 0 Å². The minimum Gasteiger partial charge on any atom is -0.497 e. The van der Waals surface area contributed by atoms with E-state index in [9.17, 15) is 19.8 Å². The van der Waals surface area contributed by atoms with E-state index < -0.39 is 52.2 Å². The number of aliphatic hydroxyl groups excluding tert-OH is 1. The van der Waals surface area contributed by atoms with Gasteiger partial charge in [0, 0.05) is 17.7 Å². The Balaban J connectivity index is 1.51. The first-order chi connectivity index (χ1) is 21.5. The predicted octanol–water partition coefficient (Wildman–Crippen LogP) is 3.52. The molecule has 6 atom stereocenters. The summed E-state index contributed by atoms with van der Waals surface area (Å²) in [5.41, 5.74) is -2.90. The van der Waals surface area contributed by atoms with Crippen LogP contribution in [0.15, 0.2) is 94.6 Å². The van der Waals surface area contributed by atoms with Crippen LogP contribution in [-0.2, 0) is 15.1 Å². The van der Waals surface area contributed by atoms with Crippen LogP contribution in [0.1, 0.15) is 42.3 Å². The monoisotopic (exact) mass is 614 g/mol. The number of aliphatic hydroxyl groups is 2. The Morgan fingerprint density at radius 1 is 0.911 bits per heavy atom. The number of ether oxygens (including phenoxy) is 4. The number of fused-ring (bicyclic) bond motifs is 2. The third-order valence-electron chi connectivity index (χ3n) is 9.92. The summed E-state index contributed by atoms with van der Waals surface area (Å²) in [6.07, 6.45) is -0.722. The highest BCUT2D eigenvalue weighted by Gasteiger charge is 2.74. The fourth-order valence-corrected chi connectivity index (χ4v) is 7.10. The standard InChI is InChI=1S/C35H38N2O8/c1-21-19-37(32(40)36-30(21)39)31-28-22(2)33(3,41)34(45-31,29(28)38)20-44-35(23-9-7-6-8-10-23,24-11-15-26(42-4)16-12-24)25-13-17-27(43-5)18-14-25/h6-19,22,28-29,31,38,41H,20H2,1-5H3,(H,36,39,40)/t22-,28+,29-,31+,33+,34+/m0/s1. The SMILES string of the molecule is COc1ccc(C(OC[C@]23O[C@@H](n4cc(C)c(=O)[nH]c4=O)[C@H]([C@H](C)[C@@]2(C)O)[C@@H]3O)(c2ccccc2)c2ccc(OC)cc2)cc1. The van der Waals surface area contributed by atoms with Gasteiger partial charge in [0.25, 0.3) is 5.56 Å². The van der Waals surface area contributed by atoms with E-state index in [4.69, 9.17) is 18.9 Å². The van der Waals surface area contributed by atoms with Crippen molar-refractivity contribution >= 4 is 0 Å². The van der Waals surface area contributed by atoms with Crippen LogP contribution in [0.25, 0.3) is 0 Å². The van der Waals surface area contributed by atoms with E-state index in [-0.39, 0.29) is 6.61 Å². The number of aromatic amines is 1. The first kappa shape index (κ1) is 30.8. The molecule has 2 aliphatic rings. The van der Waals surface area contributed by atoms with E-state index in [1.807, 2.05) is 85.8 Å². The Morgan fingerprint density at radius 3 is 1.98 bits per heavy atom. The number of H-pyrrole nitrogens is 1. The average molecular weight is 615 g/mol. The van der Waals surface area contributed by atoms with Crippen molar-refractivity contribution in [3.05, 3.63) is 128 Å². The summed E-state index contributed by atoms with van der Waals surface area (Å²) < 4.78 is 25.8. The van der Waals surface area contributed by atoms with E-state index in [1.165, 1.54) is 10.8 Å². The van der Waals surface area contributed by atoms with Crippen LogP contribution in [0.4, 0.5) is 0 Å². The van der Waals surface area contributed by atoms with Crippen molar-refractivity contribution in [1.29, 1.82) is 0 Å². The van der Waals surface area contributed by atoms with Crippen molar-refractivity contribution < 1.29 is 29.2 Å². The fraction of sp³-hybridized carbons (Fsp3) is 0.371. The maximum atomic E-state index is 12.9. The number of benzene rings is 3. The van der Waals surface area contributed by atoms with Crippen molar-refractivity contribution in [3.8, 4) is 11.5 Å². The van der Waals surface area contributed by atoms with Gasteiger partial charge in [0.05, 0.1) is 32.5 Å². The first-order valence-electron chi connectivity index (χ1n) is 14.9. The molecule has 45 heavy (non-hydrogen) atoms. The minimum absolute atomic E-state index is 0.247. The Morgan fingerprint density at radius 2 is 1.44 bits per heavy atom. The molecule has 2 heterocycles. The third-order valence-corrected chi connectivity index (χ3v) is 9.92. The van der Waals surface area contributed by atoms with Crippen LogP contribution < -0.4 is 20.7 Å². The normalized spacial score (nSPS) is 27.4. The van der Waals surface area contributed by atoms with Gasteiger partial charge in [-0.25, -0.2) is 4.79 Å². The number of aromatic nitrogens is 2. The lowest BCUT2D eigenvalue weighted by molar-refractivity contribution is -0.261. The molecule has 2 fully saturated rings. The van der Waals surface area contributed by atoms with Gasteiger partial charge in [-0.1, -0.05) is 61.5 Å². The summed E-state index contributed by atoms with van der Waals surface area (Å²) in [5.74, 6) is 0.175. The third kappa shape index (κ3) is 4.63. The highest BCUT2D eigenvalue weighted by molar-refractivity contribution is 5.50. The number of nitrogens with one attached hydrogen (secondary N) is 1. The molecule has 4 aromatic rings. The van der Waals surface area contributed by atoms with Gasteiger partial charge in [-0.2, -0.15) is 0 Å². The lowest BCUT2D eigenvalue weighted by Gasteiger charge is -2.47. The molecule has 1 aliphatic heterocycles. The van der Waals surface area contributed by atoms with Gasteiger partial charge in [-0.3, -0.25) is 14.3 Å². The van der Waals surface area contributed by atoms with Crippen LogP contribution in [0.2, 0.25) is 0 Å². The smallest absolute Gasteiger partial charge is 0.330 e. The number of rotatable bonds is 9. The predicted molar refractivity (Wildman–Crippen MR) is 166 cm³/mol. The zero-order valence-electron chi connectivity index (χ0n) is 25.9. The molecule has 3 N–H and O–H groups in total. The molecule has 10 heteroatoms. The number of hydrogen-bond donors (Lipinski definition) is 3. The van der Waals surface area contributed by atoms with E-state index in [0.717, 1.165) is 16.7 Å². The maximum absolute atomic E-state index is 12.9. The lowest BCUT2D eigenvalue weighted by atomic mass is 9.78. The van der Waals surface area contributed by atoms with Crippen molar-refractivity contribution in [3.63, 3.8) is 0 Å². The lowest BCUT2D eigenvalue weighted by Crippen LogP contribution is -2.61. The number of methoxy groups -OCH3 is 2. The summed E-state index contributed by atoms with van der Waals surface area (Å²) in [6.45, 7) is 4.80. The molecule has 1 aromatic heterocycles. The van der Waals surface area contributed by atoms with Gasteiger partial charge in [0.2, 0.25) is 0 Å². The molecule has 1 saturated heterocycles. The van der Waals surface area contributed by atoms with Gasteiger partial charge in [-0.15, -0.1) is 0 Å². The molecule has 6 rings (SSSR count). The molecule has 0 amide bonds. The minimum atomic E-state index is -1.63. The molecule has 0 spiro atoms. The molecular weight excluding hydrogens is 576 g/mol. The molecular formula is C35H38N2O8. The molecule has 0 radical (unpaired) electrons. The number of hydrogen-bond acceptors (Lipinski definition) is 8. The molecule has 1 saturated carbocycles. The van der Waals surface area contributed by atoms with E-state index in [1.54, 1.807) is 28.1 Å². The van der Waals surface area contributed by atoms with Crippen LogP contribution in [0.5, 0.6) is 11.5 Å². The number of aryl methyl sites for hydroxylation is 1. The topological polar surface area (TPSA) is 132 Å². The molecule has 3 aromatic carbocycles. The second-order valence-electron chi connectivity index (χ2n) is 12.1. The summed E-state index contributed by atoms with van der Waals surface area (Å²) in [7, 11) is 3.20. The van der Waals surface area contributed by atoms with Gasteiger partial charge in [-0.05, 0) is 60.7 Å². The van der Waals surface area contributed by atoms with Gasteiger partial charge >= 0.3 is 5.69 Å². The van der Waals surface area contributed by atoms with Crippen LogP contribution in [0.3, 0.4) is 0 Å². The van der Waals surface area contributed by atoms with E-state index in [0.29, 0.717) is 17.1 Å². The van der Waals surface area contributed by atoms with Gasteiger partial charge in [0.1, 0.15) is 28.9 Å². The first-order valence-corrected chi connectivity index (χ1v) is 14.9. The van der Waals surface area contributed by atoms with Gasteiger partial charge < -0.3 is 29.2 Å². The molecule has 2 bridgehead atoms. The average Bonchev–Trinajstić information content (AvgIpc) is 3.42. The van der Waals surface area contributed by atoms with E-state index in [2.05, 4.69) is 4.98 Å². The highest BCUT2D eigenvalue weighted by atomic mass is 16.6. The molecule has 10 nitrogen and oxygen atoms in total. The van der Waals surface area contributed by atoms with Gasteiger partial charge in [0.15, 0.2) is 0 Å². The largest absolute Gasteiger partial charge is 0.497 e. The Hall–Kier alpha value is -4.22. The molecule has 1 aliphatic carbocycles. The summed E-state index contributed by atoms with van der Waals surface area (Å²) in [4.78, 5) is 27.4. The second kappa shape index (κ2) is 11.3. The van der Waals surface area contributed by atoms with Crippen molar-refractivity contribution in [2.75, 3.05) is 20.8 Å². The van der Waals surface area contributed by atoms with Crippen LogP contribution >= 0.6 is 0 Å². The zero-order chi connectivity index (χ0) is 32.1. The number of nitrogens with zero attached hydrogens (tertiary/aromatic N) is 1. The van der Waals surface area contributed by atoms with Crippen molar-refractivity contribution in [2.24, 2.45) is 11.8 Å². The Bertz CT molecular complexity index is 1730. The second-order valence-corrected chi connectivity index (χ2v) is 12.1.